The van der Waals surface area contributed by atoms with Crippen LogP contribution in [0.1, 0.15) is 5.56 Å². The fourth-order valence-electron chi connectivity index (χ4n) is 2.01. The molecule has 0 aliphatic carbocycles. The lowest BCUT2D eigenvalue weighted by atomic mass is 9.98. The van der Waals surface area contributed by atoms with Crippen LogP contribution in [0.3, 0.4) is 0 Å². The van der Waals surface area contributed by atoms with Gasteiger partial charge in [0.05, 0.1) is 17.0 Å². The van der Waals surface area contributed by atoms with Crippen molar-refractivity contribution in [3.05, 3.63) is 60.7 Å². The van der Waals surface area contributed by atoms with Crippen LogP contribution in [0.25, 0.3) is 22.5 Å². The van der Waals surface area contributed by atoms with E-state index in [1.165, 1.54) is 24.9 Å². The molecule has 0 N–H and O–H groups in total. The van der Waals surface area contributed by atoms with Crippen LogP contribution in [0.5, 0.6) is 0 Å². The summed E-state index contributed by atoms with van der Waals surface area (Å²) in [5.74, 6) is -0.618. The fraction of sp³-hybridized carbons (Fsp3) is 0. The van der Waals surface area contributed by atoms with E-state index in [9.17, 15) is 4.39 Å². The molecule has 21 heavy (non-hydrogen) atoms. The van der Waals surface area contributed by atoms with Crippen LogP contribution in [0.4, 0.5) is 4.39 Å². The van der Waals surface area contributed by atoms with Crippen molar-refractivity contribution in [3.63, 3.8) is 0 Å². The van der Waals surface area contributed by atoms with Crippen LogP contribution < -0.4 is 0 Å². The first-order chi connectivity index (χ1) is 10.3. The van der Waals surface area contributed by atoms with Crippen LogP contribution in [0.15, 0.2) is 49.3 Å². The Morgan fingerprint density at radius 3 is 2.14 bits per heavy atom. The zero-order valence-corrected chi connectivity index (χ0v) is 10.7. The highest BCUT2D eigenvalue weighted by atomic mass is 19.1. The molecule has 0 atom stereocenters. The molecule has 0 saturated heterocycles. The number of nitrogens with zero attached hydrogens (tertiary/aromatic N) is 5. The van der Waals surface area contributed by atoms with E-state index in [4.69, 9.17) is 5.26 Å². The van der Waals surface area contributed by atoms with E-state index in [-0.39, 0.29) is 11.1 Å². The number of rotatable bonds is 2. The van der Waals surface area contributed by atoms with Crippen LogP contribution in [-0.2, 0) is 0 Å². The topological polar surface area (TPSA) is 75.3 Å². The number of hydrogen-bond acceptors (Lipinski definition) is 5. The lowest BCUT2D eigenvalue weighted by molar-refractivity contribution is 0.627. The summed E-state index contributed by atoms with van der Waals surface area (Å²) in [6.07, 6.45) is 5.81. The summed E-state index contributed by atoms with van der Waals surface area (Å²) >= 11 is 0. The quantitative estimate of drug-likeness (QED) is 0.719. The molecule has 100 valence electrons. The Morgan fingerprint density at radius 1 is 0.905 bits per heavy atom. The van der Waals surface area contributed by atoms with E-state index in [1.807, 2.05) is 6.07 Å². The summed E-state index contributed by atoms with van der Waals surface area (Å²) in [5.41, 5.74) is 1.69. The van der Waals surface area contributed by atoms with Crippen molar-refractivity contribution >= 4 is 0 Å². The Hall–Kier alpha value is -3.20. The standard InChI is InChI=1S/C15H8FN5/c16-15-10(7-17)1-2-11(12-3-5-18-8-20-12)14(15)13-4-6-19-9-21-13/h1-6,8-9H. The van der Waals surface area contributed by atoms with Gasteiger partial charge in [-0.2, -0.15) is 5.26 Å². The molecule has 6 heteroatoms. The normalized spacial score (nSPS) is 10.1. The largest absolute Gasteiger partial charge is 0.245 e. The van der Waals surface area contributed by atoms with E-state index in [0.717, 1.165) is 0 Å². The highest BCUT2D eigenvalue weighted by molar-refractivity contribution is 5.81. The summed E-state index contributed by atoms with van der Waals surface area (Å²) in [7, 11) is 0. The van der Waals surface area contributed by atoms with Gasteiger partial charge in [-0.15, -0.1) is 0 Å². The van der Waals surface area contributed by atoms with E-state index >= 15 is 0 Å². The molecule has 0 aliphatic rings. The minimum Gasteiger partial charge on any atom is -0.245 e. The third-order valence-electron chi connectivity index (χ3n) is 2.96. The van der Waals surface area contributed by atoms with Gasteiger partial charge in [0.1, 0.15) is 18.7 Å². The molecule has 2 heterocycles. The predicted octanol–water partition coefficient (Wildman–Crippen LogP) is 2.61. The molecular formula is C15H8FN5. The third kappa shape index (κ3) is 2.32. The molecule has 1 aromatic carbocycles. The van der Waals surface area contributed by atoms with Gasteiger partial charge >= 0.3 is 0 Å². The second-order valence-corrected chi connectivity index (χ2v) is 4.15. The maximum absolute atomic E-state index is 14.6. The predicted molar refractivity (Wildman–Crippen MR) is 73.2 cm³/mol. The minimum absolute atomic E-state index is 0.0404. The Morgan fingerprint density at radius 2 is 1.57 bits per heavy atom. The maximum atomic E-state index is 14.6. The molecule has 5 nitrogen and oxygen atoms in total. The number of hydrogen-bond donors (Lipinski definition) is 0. The second kappa shape index (κ2) is 5.43. The van der Waals surface area contributed by atoms with Crippen molar-refractivity contribution in [2.75, 3.05) is 0 Å². The summed E-state index contributed by atoms with van der Waals surface area (Å²) in [4.78, 5) is 15.9. The highest BCUT2D eigenvalue weighted by Gasteiger charge is 2.18. The molecule has 0 radical (unpaired) electrons. The van der Waals surface area contributed by atoms with Gasteiger partial charge in [0.15, 0.2) is 5.82 Å². The smallest absolute Gasteiger partial charge is 0.151 e. The Kier molecular flexibility index (Phi) is 3.31. The first-order valence-electron chi connectivity index (χ1n) is 6.06. The average molecular weight is 277 g/mol. The van der Waals surface area contributed by atoms with E-state index in [0.29, 0.717) is 17.0 Å². The summed E-state index contributed by atoms with van der Waals surface area (Å²) in [5, 5.41) is 9.00. The molecule has 0 amide bonds. The van der Waals surface area contributed by atoms with Crippen LogP contribution in [0, 0.1) is 17.1 Å². The van der Waals surface area contributed by atoms with Gasteiger partial charge in [-0.25, -0.2) is 24.3 Å². The molecule has 0 bridgehead atoms. The summed E-state index contributed by atoms with van der Waals surface area (Å²) < 4.78 is 14.6. The molecule has 0 fully saturated rings. The zero-order chi connectivity index (χ0) is 14.7. The second-order valence-electron chi connectivity index (χ2n) is 4.15. The third-order valence-corrected chi connectivity index (χ3v) is 2.96. The number of benzene rings is 1. The molecule has 3 rings (SSSR count). The highest BCUT2D eigenvalue weighted by Crippen LogP contribution is 2.33. The molecular weight excluding hydrogens is 269 g/mol. The molecule has 0 unspecified atom stereocenters. The van der Waals surface area contributed by atoms with Crippen molar-refractivity contribution in [1.82, 2.24) is 19.9 Å². The Labute approximate surface area is 119 Å². The average Bonchev–Trinajstić information content (AvgIpc) is 2.56. The lowest BCUT2D eigenvalue weighted by Crippen LogP contribution is -1.97. The van der Waals surface area contributed by atoms with Gasteiger partial charge in [0.2, 0.25) is 0 Å². The molecule has 0 aliphatic heterocycles. The number of halogens is 1. The van der Waals surface area contributed by atoms with Crippen LogP contribution >= 0.6 is 0 Å². The molecule has 3 aromatic rings. The monoisotopic (exact) mass is 277 g/mol. The molecule has 2 aromatic heterocycles. The van der Waals surface area contributed by atoms with Gasteiger partial charge in [-0.1, -0.05) is 6.07 Å². The van der Waals surface area contributed by atoms with Crippen LogP contribution in [-0.4, -0.2) is 19.9 Å². The van der Waals surface area contributed by atoms with Crippen molar-refractivity contribution in [3.8, 4) is 28.6 Å². The summed E-state index contributed by atoms with van der Waals surface area (Å²) in [6.45, 7) is 0. The van der Waals surface area contributed by atoms with E-state index in [2.05, 4.69) is 19.9 Å². The first kappa shape index (κ1) is 12.8. The number of nitriles is 1. The van der Waals surface area contributed by atoms with Crippen molar-refractivity contribution in [2.45, 2.75) is 0 Å². The molecule has 0 saturated carbocycles. The van der Waals surface area contributed by atoms with E-state index in [1.54, 1.807) is 24.4 Å². The Balaban J connectivity index is 2.32. The van der Waals surface area contributed by atoms with Gasteiger partial charge < -0.3 is 0 Å². The van der Waals surface area contributed by atoms with Gasteiger partial charge in [0, 0.05) is 23.5 Å². The molecule has 0 spiro atoms. The minimum atomic E-state index is -0.618. The summed E-state index contributed by atoms with van der Waals surface area (Å²) in [6, 6.07) is 8.17. The van der Waals surface area contributed by atoms with Gasteiger partial charge in [0.25, 0.3) is 0 Å². The van der Waals surface area contributed by atoms with Crippen LogP contribution in [0.2, 0.25) is 0 Å². The number of aromatic nitrogens is 4. The first-order valence-corrected chi connectivity index (χ1v) is 6.06. The Bertz CT molecular complexity index is 813. The SMILES string of the molecule is N#Cc1ccc(-c2ccncn2)c(-c2ccncn2)c1F. The lowest BCUT2D eigenvalue weighted by Gasteiger charge is -2.10. The zero-order valence-electron chi connectivity index (χ0n) is 10.7. The van der Waals surface area contributed by atoms with Crippen molar-refractivity contribution in [2.24, 2.45) is 0 Å². The van der Waals surface area contributed by atoms with Crippen molar-refractivity contribution < 1.29 is 4.39 Å². The van der Waals surface area contributed by atoms with Gasteiger partial charge in [-0.3, -0.25) is 0 Å². The van der Waals surface area contributed by atoms with E-state index < -0.39 is 5.82 Å². The van der Waals surface area contributed by atoms with Crippen molar-refractivity contribution in [1.29, 1.82) is 5.26 Å². The van der Waals surface area contributed by atoms with Gasteiger partial charge in [-0.05, 0) is 18.2 Å². The maximum Gasteiger partial charge on any atom is 0.151 e. The fourth-order valence-corrected chi connectivity index (χ4v) is 2.01.